The fraction of sp³-hybridized carbons (Fsp3) is 0. The van der Waals surface area contributed by atoms with E-state index in [2.05, 4.69) is 4.98 Å². The summed E-state index contributed by atoms with van der Waals surface area (Å²) in [5.74, 6) is 1.18. The SMILES string of the molecule is C1=COc2ncccc2O1.Cl.Cl. The topological polar surface area (TPSA) is 31.4 Å². The Morgan fingerprint density at radius 1 is 1.08 bits per heavy atom. The van der Waals surface area contributed by atoms with Gasteiger partial charge in [-0.3, -0.25) is 0 Å². The van der Waals surface area contributed by atoms with E-state index in [1.54, 1.807) is 18.3 Å². The number of hydrogen-bond acceptors (Lipinski definition) is 3. The normalized spacial score (nSPS) is 11.0. The molecule has 12 heavy (non-hydrogen) atoms. The average Bonchev–Trinajstić information content (AvgIpc) is 2.05. The summed E-state index contributed by atoms with van der Waals surface area (Å²) in [5.41, 5.74) is 0. The second-order valence-corrected chi connectivity index (χ2v) is 1.81. The molecule has 0 unspecified atom stereocenters. The molecule has 2 heterocycles. The summed E-state index contributed by atoms with van der Waals surface area (Å²) in [7, 11) is 0. The van der Waals surface area contributed by atoms with Crippen molar-refractivity contribution in [3.63, 3.8) is 0 Å². The molecule has 0 saturated heterocycles. The summed E-state index contributed by atoms with van der Waals surface area (Å²) >= 11 is 0. The summed E-state index contributed by atoms with van der Waals surface area (Å²) in [5, 5.41) is 0. The maximum Gasteiger partial charge on any atom is 0.262 e. The first kappa shape index (κ1) is 11.1. The molecule has 1 aromatic rings. The second-order valence-electron chi connectivity index (χ2n) is 1.81. The summed E-state index contributed by atoms with van der Waals surface area (Å²) in [6.07, 6.45) is 4.58. The minimum atomic E-state index is 0. The van der Waals surface area contributed by atoms with Crippen LogP contribution < -0.4 is 9.47 Å². The van der Waals surface area contributed by atoms with Crippen molar-refractivity contribution in [2.45, 2.75) is 0 Å². The Morgan fingerprint density at radius 2 is 1.83 bits per heavy atom. The predicted octanol–water partition coefficient (Wildman–Crippen LogP) is 2.17. The van der Waals surface area contributed by atoms with E-state index in [0.717, 1.165) is 0 Å². The van der Waals surface area contributed by atoms with Crippen molar-refractivity contribution in [3.8, 4) is 11.6 Å². The highest BCUT2D eigenvalue weighted by molar-refractivity contribution is 5.85. The number of rotatable bonds is 0. The third-order valence-electron chi connectivity index (χ3n) is 1.17. The molecule has 0 bridgehead atoms. The molecular weight excluding hydrogens is 201 g/mol. The average molecular weight is 208 g/mol. The van der Waals surface area contributed by atoms with E-state index in [9.17, 15) is 0 Å². The number of fused-ring (bicyclic) bond motifs is 1. The standard InChI is InChI=1S/C7H5NO2.2ClH/c1-2-6-7(8-3-1)10-5-4-9-6;;/h1-5H;2*1H. The summed E-state index contributed by atoms with van der Waals surface area (Å²) in [4.78, 5) is 3.92. The molecule has 1 aliphatic rings. The lowest BCUT2D eigenvalue weighted by molar-refractivity contribution is 0.349. The van der Waals surface area contributed by atoms with Crippen molar-refractivity contribution in [1.29, 1.82) is 0 Å². The Labute approximate surface area is 82.2 Å². The first-order valence-electron chi connectivity index (χ1n) is 2.90. The Bertz CT molecular complexity index is 251. The monoisotopic (exact) mass is 207 g/mol. The lowest BCUT2D eigenvalue weighted by Gasteiger charge is -2.08. The van der Waals surface area contributed by atoms with Crippen molar-refractivity contribution >= 4 is 24.8 Å². The maximum absolute atomic E-state index is 5.06. The molecule has 0 spiro atoms. The van der Waals surface area contributed by atoms with Crippen LogP contribution in [0.5, 0.6) is 11.6 Å². The molecule has 2 rings (SSSR count). The lowest BCUT2D eigenvalue weighted by Crippen LogP contribution is -1.96. The van der Waals surface area contributed by atoms with Crippen LogP contribution in [0, 0.1) is 0 Å². The molecular formula is C7H7Cl2NO2. The van der Waals surface area contributed by atoms with Gasteiger partial charge >= 0.3 is 0 Å². The van der Waals surface area contributed by atoms with Crippen molar-refractivity contribution in [1.82, 2.24) is 4.98 Å². The van der Waals surface area contributed by atoms with Crippen molar-refractivity contribution in [3.05, 3.63) is 30.9 Å². The van der Waals surface area contributed by atoms with Crippen LogP contribution in [0.25, 0.3) is 0 Å². The van der Waals surface area contributed by atoms with E-state index < -0.39 is 0 Å². The summed E-state index contributed by atoms with van der Waals surface area (Å²) in [6.45, 7) is 0. The zero-order valence-electron chi connectivity index (χ0n) is 5.97. The minimum Gasteiger partial charge on any atom is -0.456 e. The Hall–Kier alpha value is -0.930. The molecule has 0 aliphatic carbocycles. The number of nitrogens with zero attached hydrogens (tertiary/aromatic N) is 1. The quantitative estimate of drug-likeness (QED) is 0.654. The Kier molecular flexibility index (Phi) is 4.47. The van der Waals surface area contributed by atoms with Gasteiger partial charge in [0.2, 0.25) is 0 Å². The van der Waals surface area contributed by atoms with Crippen LogP contribution in [-0.2, 0) is 0 Å². The van der Waals surface area contributed by atoms with Crippen molar-refractivity contribution in [2.24, 2.45) is 0 Å². The molecule has 66 valence electrons. The third kappa shape index (κ3) is 2.03. The number of pyridine rings is 1. The third-order valence-corrected chi connectivity index (χ3v) is 1.17. The van der Waals surface area contributed by atoms with Gasteiger partial charge in [-0.1, -0.05) is 0 Å². The van der Waals surface area contributed by atoms with Crippen LogP contribution in [0.3, 0.4) is 0 Å². The van der Waals surface area contributed by atoms with Gasteiger partial charge in [-0.05, 0) is 12.1 Å². The smallest absolute Gasteiger partial charge is 0.262 e. The van der Waals surface area contributed by atoms with E-state index in [4.69, 9.17) is 9.47 Å². The number of hydrogen-bond donors (Lipinski definition) is 0. The second kappa shape index (κ2) is 4.85. The van der Waals surface area contributed by atoms with Crippen LogP contribution in [0.1, 0.15) is 0 Å². The molecule has 5 heteroatoms. The lowest BCUT2D eigenvalue weighted by atomic mass is 10.4. The summed E-state index contributed by atoms with van der Waals surface area (Å²) < 4.78 is 10.1. The van der Waals surface area contributed by atoms with Gasteiger partial charge in [0.1, 0.15) is 12.5 Å². The highest BCUT2D eigenvalue weighted by atomic mass is 35.5. The largest absolute Gasteiger partial charge is 0.456 e. The van der Waals surface area contributed by atoms with Gasteiger partial charge in [0, 0.05) is 6.20 Å². The molecule has 0 atom stereocenters. The van der Waals surface area contributed by atoms with E-state index in [1.807, 2.05) is 0 Å². The zero-order chi connectivity index (χ0) is 6.81. The molecule has 0 N–H and O–H groups in total. The van der Waals surface area contributed by atoms with E-state index >= 15 is 0 Å². The van der Waals surface area contributed by atoms with Gasteiger partial charge < -0.3 is 9.47 Å². The van der Waals surface area contributed by atoms with Gasteiger partial charge in [0.25, 0.3) is 5.88 Å². The molecule has 1 aliphatic heterocycles. The van der Waals surface area contributed by atoms with Crippen molar-refractivity contribution in [2.75, 3.05) is 0 Å². The Morgan fingerprint density at radius 3 is 2.58 bits per heavy atom. The maximum atomic E-state index is 5.06. The molecule has 0 fully saturated rings. The van der Waals surface area contributed by atoms with Crippen LogP contribution in [-0.4, -0.2) is 4.98 Å². The van der Waals surface area contributed by atoms with Crippen LogP contribution in [0.4, 0.5) is 0 Å². The molecule has 1 aromatic heterocycles. The van der Waals surface area contributed by atoms with Gasteiger partial charge in [-0.2, -0.15) is 0 Å². The van der Waals surface area contributed by atoms with Crippen LogP contribution in [0.2, 0.25) is 0 Å². The van der Waals surface area contributed by atoms with Gasteiger partial charge in [0.05, 0.1) is 0 Å². The summed E-state index contributed by atoms with van der Waals surface area (Å²) in [6, 6.07) is 3.59. The minimum absolute atomic E-state index is 0. The van der Waals surface area contributed by atoms with E-state index in [0.29, 0.717) is 11.6 Å². The predicted molar refractivity (Wildman–Crippen MR) is 49.1 cm³/mol. The fourth-order valence-electron chi connectivity index (χ4n) is 0.748. The highest BCUT2D eigenvalue weighted by Crippen LogP contribution is 2.25. The Balaban J connectivity index is 0.000000605. The van der Waals surface area contributed by atoms with Gasteiger partial charge in [-0.15, -0.1) is 24.8 Å². The molecule has 0 radical (unpaired) electrons. The van der Waals surface area contributed by atoms with Crippen LogP contribution in [0.15, 0.2) is 30.9 Å². The fourth-order valence-corrected chi connectivity index (χ4v) is 0.748. The number of aromatic nitrogens is 1. The first-order valence-corrected chi connectivity index (χ1v) is 2.90. The van der Waals surface area contributed by atoms with E-state index in [1.165, 1.54) is 12.5 Å². The molecule has 0 amide bonds. The van der Waals surface area contributed by atoms with Crippen LogP contribution >= 0.6 is 24.8 Å². The molecule has 3 nitrogen and oxygen atoms in total. The van der Waals surface area contributed by atoms with E-state index in [-0.39, 0.29) is 24.8 Å². The highest BCUT2D eigenvalue weighted by Gasteiger charge is 2.06. The zero-order valence-corrected chi connectivity index (χ0v) is 7.60. The molecule has 0 aromatic carbocycles. The number of ether oxygens (including phenoxy) is 2. The van der Waals surface area contributed by atoms with Gasteiger partial charge in [-0.25, -0.2) is 4.98 Å². The first-order chi connectivity index (χ1) is 4.97. The molecule has 0 saturated carbocycles. The number of halogens is 2. The van der Waals surface area contributed by atoms with Gasteiger partial charge in [0.15, 0.2) is 5.75 Å². The van der Waals surface area contributed by atoms with Crippen molar-refractivity contribution < 1.29 is 9.47 Å².